The lowest BCUT2D eigenvalue weighted by Crippen LogP contribution is -2.68. The number of phenolic OH excluding ortho intramolecular Hbond substituents is 1. The van der Waals surface area contributed by atoms with Crippen molar-refractivity contribution in [2.45, 2.75) is 113 Å². The summed E-state index contributed by atoms with van der Waals surface area (Å²) in [5.41, 5.74) is -1.71. The maximum atomic E-state index is 13.5. The normalized spacial score (nSPS) is 27.5. The molecule has 4 rings (SSSR count). The number of nitrogens with two attached hydrogens (primary N) is 1. The van der Waals surface area contributed by atoms with Gasteiger partial charge in [-0.1, -0.05) is 101 Å². The zero-order valence-electron chi connectivity index (χ0n) is 16.5. The fourth-order valence-electron chi connectivity index (χ4n) is 5.36. The van der Waals surface area contributed by atoms with Crippen LogP contribution in [-0.4, -0.2) is 59.8 Å². The average molecular weight is 608 g/mol. The first-order valence-corrected chi connectivity index (χ1v) is 9.50. The van der Waals surface area contributed by atoms with Crippen LogP contribution in [0.5, 0.6) is 5.75 Å². The molecule has 1 amide bonds. The number of hydrogen-bond donors (Lipinski definition) is 7. The minimum atomic E-state index is -2.96. The number of benzene rings is 1. The molecular formula is C32H65NO9. The van der Waals surface area contributed by atoms with Crippen LogP contribution in [0.1, 0.15) is 107 Å². The second kappa shape index (κ2) is 17.7. The number of amides is 1. The molecular weight excluding hydrogens is 542 g/mol. The van der Waals surface area contributed by atoms with Crippen molar-refractivity contribution < 1.29 is 45.0 Å². The molecule has 1 aromatic rings. The third-order valence-corrected chi connectivity index (χ3v) is 6.82. The van der Waals surface area contributed by atoms with Gasteiger partial charge in [0.05, 0.1) is 28.8 Å². The SMILES string of the molecule is C.C.C.C.C.C.C.C.C.C.C.C[C@@H]1C(=O)C(C(N)=O)=C(O)C2(O)C(=O)C3=C(O)c4c(O)cccc4C(C)(O)C3C(O)C12. The first-order valence-electron chi connectivity index (χ1n) is 9.50. The Kier molecular flexibility index (Phi) is 24.6. The third kappa shape index (κ3) is 6.55. The van der Waals surface area contributed by atoms with Crippen LogP contribution in [0.3, 0.4) is 0 Å². The zero-order valence-corrected chi connectivity index (χ0v) is 16.5. The second-order valence-electron chi connectivity index (χ2n) is 8.44. The van der Waals surface area contributed by atoms with E-state index in [1.165, 1.54) is 32.0 Å². The highest BCUT2D eigenvalue weighted by molar-refractivity contribution is 6.23. The molecule has 3 aliphatic carbocycles. The summed E-state index contributed by atoms with van der Waals surface area (Å²) in [7, 11) is 0. The van der Waals surface area contributed by atoms with Gasteiger partial charge >= 0.3 is 0 Å². The quantitative estimate of drug-likeness (QED) is 0.179. The number of fused-ring (bicyclic) bond motifs is 3. The molecule has 3 aliphatic rings. The van der Waals surface area contributed by atoms with Crippen LogP contribution in [0, 0.1) is 17.8 Å². The van der Waals surface area contributed by atoms with E-state index in [0.29, 0.717) is 0 Å². The van der Waals surface area contributed by atoms with Crippen molar-refractivity contribution in [2.24, 2.45) is 23.5 Å². The highest BCUT2D eigenvalue weighted by Gasteiger charge is 2.69. The standard InChI is InChI=1S/C21H21NO9.11CH4/c1-6-12-16(26)13-10(15(25)9-7(20(13,2)30)4-3-5-8(9)23)17(27)21(12,31)18(28)11(14(6)24)19(22)29;;;;;;;;;;;/h3-6,12-13,16,23,25-26,28,30-31H,1-2H3,(H2,22,29);11*1H4/t6-,12?,13?,16?,20?,21?;;;;;;;;;;;/m0.........../s1. The molecule has 1 aromatic carbocycles. The van der Waals surface area contributed by atoms with Gasteiger partial charge in [0, 0.05) is 11.8 Å². The Morgan fingerprint density at radius 3 is 1.74 bits per heavy atom. The van der Waals surface area contributed by atoms with Crippen LogP contribution in [-0.2, 0) is 20.0 Å². The highest BCUT2D eigenvalue weighted by Crippen LogP contribution is 2.57. The fourth-order valence-corrected chi connectivity index (χ4v) is 5.36. The lowest BCUT2D eigenvalue weighted by atomic mass is 9.52. The number of phenols is 1. The number of rotatable bonds is 1. The summed E-state index contributed by atoms with van der Waals surface area (Å²) in [6.45, 7) is 2.50. The van der Waals surface area contributed by atoms with Crippen molar-refractivity contribution in [1.29, 1.82) is 0 Å². The van der Waals surface area contributed by atoms with E-state index in [-0.39, 0.29) is 92.8 Å². The van der Waals surface area contributed by atoms with Gasteiger partial charge < -0.3 is 36.4 Å². The van der Waals surface area contributed by atoms with E-state index in [1.807, 2.05) is 0 Å². The molecule has 0 saturated heterocycles. The van der Waals surface area contributed by atoms with Gasteiger partial charge in [-0.25, -0.2) is 0 Å². The molecule has 0 bridgehead atoms. The summed E-state index contributed by atoms with van der Waals surface area (Å²) < 4.78 is 0. The number of aliphatic hydroxyl groups excluding tert-OH is 3. The molecule has 0 aliphatic heterocycles. The summed E-state index contributed by atoms with van der Waals surface area (Å²) >= 11 is 0. The molecule has 0 spiro atoms. The molecule has 0 radical (unpaired) electrons. The molecule has 6 atom stereocenters. The van der Waals surface area contributed by atoms with Gasteiger partial charge in [-0.2, -0.15) is 0 Å². The van der Waals surface area contributed by atoms with Gasteiger partial charge in [0.1, 0.15) is 22.8 Å². The Balaban J connectivity index is -0.000000175. The van der Waals surface area contributed by atoms with E-state index in [9.17, 15) is 45.0 Å². The molecule has 252 valence electrons. The number of hydrogen-bond acceptors (Lipinski definition) is 9. The Labute approximate surface area is 256 Å². The second-order valence-corrected chi connectivity index (χ2v) is 8.44. The Hall–Kier alpha value is -3.21. The van der Waals surface area contributed by atoms with E-state index in [1.54, 1.807) is 0 Å². The fraction of sp³-hybridized carbons (Fsp3) is 0.594. The van der Waals surface area contributed by atoms with Crippen molar-refractivity contribution in [2.75, 3.05) is 0 Å². The summed E-state index contributed by atoms with van der Waals surface area (Å²) in [5.74, 6) is -10.8. The predicted molar refractivity (Wildman–Crippen MR) is 177 cm³/mol. The van der Waals surface area contributed by atoms with Crippen LogP contribution in [0.15, 0.2) is 35.1 Å². The van der Waals surface area contributed by atoms with Gasteiger partial charge in [0.2, 0.25) is 5.78 Å². The van der Waals surface area contributed by atoms with Crippen molar-refractivity contribution in [1.82, 2.24) is 0 Å². The Morgan fingerprint density at radius 2 is 1.31 bits per heavy atom. The number of carbonyl (C=O) groups is 3. The van der Waals surface area contributed by atoms with E-state index in [0.717, 1.165) is 0 Å². The van der Waals surface area contributed by atoms with Crippen molar-refractivity contribution in [3.05, 3.63) is 46.2 Å². The summed E-state index contributed by atoms with van der Waals surface area (Å²) in [5, 5.41) is 65.4. The minimum absolute atomic E-state index is 0. The Morgan fingerprint density at radius 1 is 0.857 bits per heavy atom. The van der Waals surface area contributed by atoms with Crippen molar-refractivity contribution >= 4 is 23.2 Å². The van der Waals surface area contributed by atoms with Gasteiger partial charge in [0.25, 0.3) is 5.91 Å². The van der Waals surface area contributed by atoms with Crippen LogP contribution in [0.4, 0.5) is 0 Å². The number of aromatic hydroxyl groups is 1. The number of carbonyl (C=O) groups excluding carboxylic acids is 3. The molecule has 1 saturated carbocycles. The molecule has 42 heavy (non-hydrogen) atoms. The van der Waals surface area contributed by atoms with Gasteiger partial charge in [-0.15, -0.1) is 0 Å². The van der Waals surface area contributed by atoms with Crippen molar-refractivity contribution in [3.63, 3.8) is 0 Å². The molecule has 10 nitrogen and oxygen atoms in total. The van der Waals surface area contributed by atoms with E-state index in [4.69, 9.17) is 5.73 Å². The third-order valence-electron chi connectivity index (χ3n) is 6.82. The maximum Gasteiger partial charge on any atom is 0.255 e. The van der Waals surface area contributed by atoms with Crippen LogP contribution in [0.2, 0.25) is 0 Å². The average Bonchev–Trinajstić information content (AvgIpc) is 2.67. The number of ketones is 2. The number of aliphatic hydroxyl groups is 5. The molecule has 10 heteroatoms. The first-order chi connectivity index (χ1) is 14.3. The van der Waals surface area contributed by atoms with Gasteiger partial charge in [-0.3, -0.25) is 14.4 Å². The summed E-state index contributed by atoms with van der Waals surface area (Å²) in [6.07, 6.45) is -1.82. The largest absolute Gasteiger partial charge is 0.508 e. The van der Waals surface area contributed by atoms with Gasteiger partial charge in [-0.05, 0) is 18.6 Å². The van der Waals surface area contributed by atoms with Gasteiger partial charge in [0.15, 0.2) is 11.4 Å². The smallest absolute Gasteiger partial charge is 0.255 e. The maximum absolute atomic E-state index is 13.5. The first kappa shape index (κ1) is 58.4. The molecule has 1 fully saturated rings. The van der Waals surface area contributed by atoms with Crippen LogP contribution < -0.4 is 5.73 Å². The van der Waals surface area contributed by atoms with Crippen molar-refractivity contribution in [3.8, 4) is 5.75 Å². The highest BCUT2D eigenvalue weighted by atomic mass is 16.4. The van der Waals surface area contributed by atoms with Crippen LogP contribution >= 0.6 is 0 Å². The molecule has 8 N–H and O–H groups in total. The molecule has 5 unspecified atom stereocenters. The lowest BCUT2D eigenvalue weighted by Gasteiger charge is -2.54. The molecule has 0 heterocycles. The van der Waals surface area contributed by atoms with E-state index >= 15 is 0 Å². The summed E-state index contributed by atoms with van der Waals surface area (Å²) in [4.78, 5) is 37.9. The number of Topliss-reactive ketones (excluding diaryl/α,β-unsaturated/α-hetero) is 2. The summed E-state index contributed by atoms with van der Waals surface area (Å²) in [6, 6.07) is 3.99. The van der Waals surface area contributed by atoms with Crippen LogP contribution in [0.25, 0.3) is 5.76 Å². The lowest BCUT2D eigenvalue weighted by molar-refractivity contribution is -0.180. The Bertz CT molecular complexity index is 1140. The number of primary amides is 1. The van der Waals surface area contributed by atoms with E-state index < -0.39 is 80.9 Å². The van der Waals surface area contributed by atoms with E-state index in [2.05, 4.69) is 0 Å². The zero-order chi connectivity index (χ0) is 23.2. The topological polar surface area (TPSA) is 199 Å². The molecule has 0 aromatic heterocycles. The monoisotopic (exact) mass is 607 g/mol. The predicted octanol–water partition coefficient (Wildman–Crippen LogP) is 6.30. The minimum Gasteiger partial charge on any atom is -0.508 e.